The van der Waals surface area contributed by atoms with Crippen molar-refractivity contribution >= 4 is 11.6 Å². The summed E-state index contributed by atoms with van der Waals surface area (Å²) in [4.78, 5) is 14.1. The summed E-state index contributed by atoms with van der Waals surface area (Å²) < 4.78 is 38.7. The van der Waals surface area contributed by atoms with Gasteiger partial charge < -0.3 is 15.6 Å². The van der Waals surface area contributed by atoms with Gasteiger partial charge in [0.2, 0.25) is 0 Å². The summed E-state index contributed by atoms with van der Waals surface area (Å²) in [5, 5.41) is 2.74. The number of nitrogens with one attached hydrogen (secondary N) is 2. The van der Waals surface area contributed by atoms with Gasteiger partial charge in [0.25, 0.3) is 5.91 Å². The average molecular weight is 302 g/mol. The van der Waals surface area contributed by atoms with Crippen molar-refractivity contribution in [3.63, 3.8) is 0 Å². The maximum Gasteiger partial charge on any atom is 0.418 e. The molecule has 1 heterocycles. The number of hydrazine groups is 1. The molecule has 1 aliphatic heterocycles. The van der Waals surface area contributed by atoms with E-state index in [-0.39, 0.29) is 17.3 Å². The minimum atomic E-state index is -4.58. The normalized spacial score (nSPS) is 19.6. The number of amides is 1. The molecule has 116 valence electrons. The van der Waals surface area contributed by atoms with E-state index >= 15 is 0 Å². The fourth-order valence-corrected chi connectivity index (χ4v) is 2.37. The van der Waals surface area contributed by atoms with E-state index in [4.69, 9.17) is 5.84 Å². The van der Waals surface area contributed by atoms with Crippen LogP contribution in [0, 0.1) is 0 Å². The quantitative estimate of drug-likeness (QED) is 0.583. The summed E-state index contributed by atoms with van der Waals surface area (Å²) in [6.45, 7) is 1.55. The van der Waals surface area contributed by atoms with Gasteiger partial charge in [-0.25, -0.2) is 0 Å². The Morgan fingerprint density at radius 2 is 2.14 bits per heavy atom. The average Bonchev–Trinajstić information content (AvgIpc) is 2.82. The lowest BCUT2D eigenvalue weighted by Crippen LogP contribution is -2.36. The predicted molar refractivity (Wildman–Crippen MR) is 72.6 cm³/mol. The van der Waals surface area contributed by atoms with Crippen LogP contribution in [-0.4, -0.2) is 37.0 Å². The second-order valence-corrected chi connectivity index (χ2v) is 5.12. The van der Waals surface area contributed by atoms with Crippen LogP contribution in [0.3, 0.4) is 0 Å². The molecule has 1 aliphatic rings. The fraction of sp³-hybridized carbons (Fsp3) is 0.462. The zero-order chi connectivity index (χ0) is 15.6. The molecule has 0 aromatic heterocycles. The number of benzene rings is 1. The predicted octanol–water partition coefficient (Wildman–Crippen LogP) is 1.42. The zero-order valence-electron chi connectivity index (χ0n) is 11.5. The molecular weight excluding hydrogens is 285 g/mol. The molecule has 1 atom stereocenters. The molecule has 8 heteroatoms. The maximum atomic E-state index is 12.9. The first-order valence-corrected chi connectivity index (χ1v) is 6.48. The molecular formula is C13H17F3N4O. The Balaban J connectivity index is 2.18. The number of rotatable bonds is 3. The van der Waals surface area contributed by atoms with E-state index < -0.39 is 17.6 Å². The van der Waals surface area contributed by atoms with Gasteiger partial charge in [0, 0.05) is 18.2 Å². The van der Waals surface area contributed by atoms with E-state index in [1.54, 1.807) is 0 Å². The highest BCUT2D eigenvalue weighted by Crippen LogP contribution is 2.35. The van der Waals surface area contributed by atoms with Gasteiger partial charge in [0.1, 0.15) is 0 Å². The molecule has 2 rings (SSSR count). The summed E-state index contributed by atoms with van der Waals surface area (Å²) in [6.07, 6.45) is -3.79. The first kappa shape index (κ1) is 15.6. The van der Waals surface area contributed by atoms with Crippen molar-refractivity contribution in [2.75, 3.05) is 25.6 Å². The van der Waals surface area contributed by atoms with Crippen LogP contribution in [-0.2, 0) is 6.18 Å². The highest BCUT2D eigenvalue weighted by atomic mass is 19.4. The monoisotopic (exact) mass is 302 g/mol. The van der Waals surface area contributed by atoms with Crippen LogP contribution in [0.25, 0.3) is 0 Å². The number of nitrogen functional groups attached to an aromatic ring is 1. The minimum Gasteiger partial charge on any atom is -0.348 e. The van der Waals surface area contributed by atoms with Crippen molar-refractivity contribution in [2.45, 2.75) is 18.6 Å². The van der Waals surface area contributed by atoms with Crippen LogP contribution < -0.4 is 16.6 Å². The zero-order valence-corrected chi connectivity index (χ0v) is 11.5. The first-order valence-electron chi connectivity index (χ1n) is 6.48. The Hall–Kier alpha value is -1.80. The number of likely N-dealkylation sites (N-methyl/N-ethyl adjacent to an activating group) is 1. The number of nitrogens with zero attached hydrogens (tertiary/aromatic N) is 1. The number of hydrogen-bond acceptors (Lipinski definition) is 4. The summed E-state index contributed by atoms with van der Waals surface area (Å²) in [7, 11) is 1.93. The van der Waals surface area contributed by atoms with E-state index in [0.29, 0.717) is 6.54 Å². The molecule has 4 N–H and O–H groups in total. The Bertz CT molecular complexity index is 533. The van der Waals surface area contributed by atoms with Gasteiger partial charge in [-0.1, -0.05) is 0 Å². The Morgan fingerprint density at radius 3 is 2.67 bits per heavy atom. The highest BCUT2D eigenvalue weighted by molar-refractivity contribution is 5.95. The van der Waals surface area contributed by atoms with Gasteiger partial charge in [-0.2, -0.15) is 13.2 Å². The van der Waals surface area contributed by atoms with Crippen LogP contribution in [0.2, 0.25) is 0 Å². The van der Waals surface area contributed by atoms with Crippen LogP contribution in [0.15, 0.2) is 18.2 Å². The molecule has 1 unspecified atom stereocenters. The van der Waals surface area contributed by atoms with Crippen molar-refractivity contribution in [3.8, 4) is 0 Å². The van der Waals surface area contributed by atoms with Gasteiger partial charge in [-0.3, -0.25) is 10.6 Å². The smallest absolute Gasteiger partial charge is 0.348 e. The van der Waals surface area contributed by atoms with Crippen LogP contribution >= 0.6 is 0 Å². The van der Waals surface area contributed by atoms with Crippen LogP contribution in [0.4, 0.5) is 18.9 Å². The molecule has 0 radical (unpaired) electrons. The van der Waals surface area contributed by atoms with E-state index in [1.165, 1.54) is 6.07 Å². The highest BCUT2D eigenvalue weighted by Gasteiger charge is 2.34. The Labute approximate surface area is 120 Å². The second kappa shape index (κ2) is 5.90. The molecule has 1 aromatic rings. The third-order valence-electron chi connectivity index (χ3n) is 3.47. The first-order chi connectivity index (χ1) is 9.81. The van der Waals surface area contributed by atoms with E-state index in [9.17, 15) is 18.0 Å². The molecule has 0 saturated carbocycles. The SMILES string of the molecule is CN1CCC(NC(=O)c2ccc(NN)c(C(F)(F)F)c2)C1. The number of carbonyl (C=O) groups is 1. The number of nitrogens with two attached hydrogens (primary N) is 1. The third-order valence-corrected chi connectivity index (χ3v) is 3.47. The number of carbonyl (C=O) groups excluding carboxylic acids is 1. The molecule has 1 fully saturated rings. The molecule has 0 spiro atoms. The van der Waals surface area contributed by atoms with Crippen molar-refractivity contribution in [1.82, 2.24) is 10.2 Å². The van der Waals surface area contributed by atoms with E-state index in [0.717, 1.165) is 25.1 Å². The summed E-state index contributed by atoms with van der Waals surface area (Å²) >= 11 is 0. The molecule has 0 bridgehead atoms. The number of alkyl halides is 3. The summed E-state index contributed by atoms with van der Waals surface area (Å²) in [5.74, 6) is 4.55. The lowest BCUT2D eigenvalue weighted by atomic mass is 10.1. The molecule has 1 saturated heterocycles. The van der Waals surface area contributed by atoms with Crippen molar-refractivity contribution in [3.05, 3.63) is 29.3 Å². The lowest BCUT2D eigenvalue weighted by molar-refractivity contribution is -0.137. The summed E-state index contributed by atoms with van der Waals surface area (Å²) in [5.41, 5.74) is 0.736. The van der Waals surface area contributed by atoms with Gasteiger partial charge >= 0.3 is 6.18 Å². The van der Waals surface area contributed by atoms with Crippen molar-refractivity contribution < 1.29 is 18.0 Å². The lowest BCUT2D eigenvalue weighted by Gasteiger charge is -2.16. The van der Waals surface area contributed by atoms with Crippen LogP contribution in [0.1, 0.15) is 22.3 Å². The Kier molecular flexibility index (Phi) is 4.38. The maximum absolute atomic E-state index is 12.9. The molecule has 1 aromatic carbocycles. The van der Waals surface area contributed by atoms with Crippen molar-refractivity contribution in [1.29, 1.82) is 0 Å². The number of likely N-dealkylation sites (tertiary alicyclic amines) is 1. The summed E-state index contributed by atoms with van der Waals surface area (Å²) in [6, 6.07) is 3.24. The third kappa shape index (κ3) is 3.64. The van der Waals surface area contributed by atoms with E-state index in [1.807, 2.05) is 17.4 Å². The minimum absolute atomic E-state index is 0.0316. The number of anilines is 1. The standard InChI is InChI=1S/C13H17F3N4O/c1-20-5-4-9(7-20)18-12(21)8-2-3-11(19-17)10(6-8)13(14,15)16/h2-3,6,9,19H,4-5,7,17H2,1H3,(H,18,21). The van der Waals surface area contributed by atoms with Crippen molar-refractivity contribution in [2.24, 2.45) is 5.84 Å². The molecule has 5 nitrogen and oxygen atoms in total. The molecule has 0 aliphatic carbocycles. The van der Waals surface area contributed by atoms with Gasteiger partial charge in [0.05, 0.1) is 11.3 Å². The number of hydrogen-bond donors (Lipinski definition) is 3. The molecule has 1 amide bonds. The van der Waals surface area contributed by atoms with Gasteiger partial charge in [-0.05, 0) is 38.2 Å². The Morgan fingerprint density at radius 1 is 1.43 bits per heavy atom. The van der Waals surface area contributed by atoms with E-state index in [2.05, 4.69) is 5.32 Å². The number of halogens is 3. The molecule has 21 heavy (non-hydrogen) atoms. The van der Waals surface area contributed by atoms with Crippen LogP contribution in [0.5, 0.6) is 0 Å². The fourth-order valence-electron chi connectivity index (χ4n) is 2.37. The second-order valence-electron chi connectivity index (χ2n) is 5.12. The van der Waals surface area contributed by atoms with Gasteiger partial charge in [0.15, 0.2) is 0 Å². The topological polar surface area (TPSA) is 70.4 Å². The largest absolute Gasteiger partial charge is 0.418 e. The van der Waals surface area contributed by atoms with Gasteiger partial charge in [-0.15, -0.1) is 0 Å².